The first-order chi connectivity index (χ1) is 15.5. The van der Waals surface area contributed by atoms with Gasteiger partial charge in [-0.15, -0.1) is 0 Å². The molecule has 1 atom stereocenters. The minimum Gasteiger partial charge on any atom is -0.496 e. The maximum absolute atomic E-state index is 13.0. The van der Waals surface area contributed by atoms with Gasteiger partial charge in [0.25, 0.3) is 11.8 Å². The number of hydrogen-bond donors (Lipinski definition) is 0. The standard InChI is InChI=1S/C24H27N3O5/c1-25-11-13-26(14-12-25)15-17(32-24(30)20-9-5-6-10-21(20)31-2)16-27-22(28)18-7-3-4-8-19(18)23(27)29/h3-10,17H,11-16H2,1-2H3. The Balaban J connectivity index is 1.53. The highest BCUT2D eigenvalue weighted by molar-refractivity contribution is 6.21. The van der Waals surface area contributed by atoms with Crippen LogP contribution < -0.4 is 4.74 Å². The number of benzene rings is 2. The van der Waals surface area contributed by atoms with Crippen molar-refractivity contribution in [3.8, 4) is 5.75 Å². The molecular weight excluding hydrogens is 410 g/mol. The number of amides is 2. The number of methoxy groups -OCH3 is 1. The molecule has 2 aliphatic rings. The molecule has 2 amide bonds. The number of piperazine rings is 1. The molecule has 32 heavy (non-hydrogen) atoms. The van der Waals surface area contributed by atoms with Crippen molar-refractivity contribution in [1.29, 1.82) is 0 Å². The van der Waals surface area contributed by atoms with Crippen LogP contribution in [0.4, 0.5) is 0 Å². The van der Waals surface area contributed by atoms with Gasteiger partial charge >= 0.3 is 5.97 Å². The van der Waals surface area contributed by atoms with Gasteiger partial charge in [-0.05, 0) is 31.3 Å². The number of hydrogen-bond acceptors (Lipinski definition) is 7. The maximum atomic E-state index is 13.0. The van der Waals surface area contributed by atoms with Gasteiger partial charge in [-0.25, -0.2) is 4.79 Å². The third-order valence-corrected chi connectivity index (χ3v) is 5.92. The lowest BCUT2D eigenvalue weighted by Crippen LogP contribution is -2.50. The molecule has 4 rings (SSSR count). The molecule has 0 aromatic heterocycles. The molecule has 8 heteroatoms. The number of carbonyl (C=O) groups excluding carboxylic acids is 3. The average molecular weight is 437 g/mol. The van der Waals surface area contributed by atoms with Crippen LogP contribution in [0.3, 0.4) is 0 Å². The van der Waals surface area contributed by atoms with E-state index >= 15 is 0 Å². The van der Waals surface area contributed by atoms with Crippen molar-refractivity contribution < 1.29 is 23.9 Å². The molecule has 2 aromatic carbocycles. The number of imide groups is 1. The lowest BCUT2D eigenvalue weighted by Gasteiger charge is -2.35. The molecule has 1 unspecified atom stereocenters. The number of ether oxygens (including phenoxy) is 2. The van der Waals surface area contributed by atoms with E-state index in [1.54, 1.807) is 48.5 Å². The van der Waals surface area contributed by atoms with E-state index in [0.29, 0.717) is 29.0 Å². The summed E-state index contributed by atoms with van der Waals surface area (Å²) in [6.07, 6.45) is -0.668. The lowest BCUT2D eigenvalue weighted by atomic mass is 10.1. The summed E-state index contributed by atoms with van der Waals surface area (Å²) in [6, 6.07) is 13.6. The van der Waals surface area contributed by atoms with Crippen molar-refractivity contribution in [3.05, 3.63) is 65.2 Å². The molecule has 0 spiro atoms. The Morgan fingerprint density at radius 3 is 2.12 bits per heavy atom. The van der Waals surface area contributed by atoms with Gasteiger partial charge < -0.3 is 14.4 Å². The third kappa shape index (κ3) is 4.51. The number of rotatable bonds is 7. The third-order valence-electron chi connectivity index (χ3n) is 5.92. The molecule has 2 aliphatic heterocycles. The fraction of sp³-hybridized carbons (Fsp3) is 0.375. The van der Waals surface area contributed by atoms with Gasteiger partial charge in [0.2, 0.25) is 0 Å². The first-order valence-corrected chi connectivity index (χ1v) is 10.7. The Kier molecular flexibility index (Phi) is 6.53. The van der Waals surface area contributed by atoms with Crippen LogP contribution in [0.15, 0.2) is 48.5 Å². The van der Waals surface area contributed by atoms with Crippen LogP contribution in [-0.2, 0) is 4.74 Å². The quantitative estimate of drug-likeness (QED) is 0.482. The maximum Gasteiger partial charge on any atom is 0.342 e. The molecule has 2 aromatic rings. The highest BCUT2D eigenvalue weighted by Gasteiger charge is 2.38. The van der Waals surface area contributed by atoms with Crippen molar-refractivity contribution in [2.24, 2.45) is 0 Å². The predicted octanol–water partition coefficient (Wildman–Crippen LogP) is 1.76. The van der Waals surface area contributed by atoms with Crippen LogP contribution in [0.2, 0.25) is 0 Å². The SMILES string of the molecule is COc1ccccc1C(=O)OC(CN1CCN(C)CC1)CN1C(=O)c2ccccc2C1=O. The van der Waals surface area contributed by atoms with E-state index in [1.165, 1.54) is 12.0 Å². The topological polar surface area (TPSA) is 79.4 Å². The van der Waals surface area contributed by atoms with Gasteiger partial charge in [0.05, 0.1) is 24.8 Å². The molecule has 1 saturated heterocycles. The van der Waals surface area contributed by atoms with Crippen molar-refractivity contribution in [2.75, 3.05) is 53.4 Å². The first kappa shape index (κ1) is 22.0. The van der Waals surface area contributed by atoms with Crippen LogP contribution >= 0.6 is 0 Å². The normalized spacial score (nSPS) is 17.9. The van der Waals surface area contributed by atoms with Gasteiger partial charge in [0, 0.05) is 32.7 Å². The molecule has 0 saturated carbocycles. The summed E-state index contributed by atoms with van der Waals surface area (Å²) in [6.45, 7) is 3.88. The van der Waals surface area contributed by atoms with E-state index in [1.807, 2.05) is 0 Å². The Bertz CT molecular complexity index is 981. The van der Waals surface area contributed by atoms with Crippen LogP contribution in [0, 0.1) is 0 Å². The largest absolute Gasteiger partial charge is 0.496 e. The second-order valence-corrected chi connectivity index (χ2v) is 8.10. The Labute approximate surface area is 187 Å². The number of para-hydroxylation sites is 1. The molecule has 2 heterocycles. The Morgan fingerprint density at radius 2 is 1.50 bits per heavy atom. The molecule has 0 aliphatic carbocycles. The molecular formula is C24H27N3O5. The molecule has 0 radical (unpaired) electrons. The summed E-state index contributed by atoms with van der Waals surface area (Å²) < 4.78 is 11.1. The van der Waals surface area contributed by atoms with Crippen molar-refractivity contribution in [3.63, 3.8) is 0 Å². The summed E-state index contributed by atoms with van der Waals surface area (Å²) in [5.74, 6) is -0.848. The summed E-state index contributed by atoms with van der Waals surface area (Å²) in [5, 5.41) is 0. The van der Waals surface area contributed by atoms with Crippen molar-refractivity contribution in [2.45, 2.75) is 6.10 Å². The second kappa shape index (κ2) is 9.50. The molecule has 1 fully saturated rings. The van der Waals surface area contributed by atoms with E-state index in [2.05, 4.69) is 16.8 Å². The average Bonchev–Trinajstić information content (AvgIpc) is 3.05. The minimum absolute atomic E-state index is 0.000422. The monoisotopic (exact) mass is 437 g/mol. The zero-order valence-corrected chi connectivity index (χ0v) is 18.3. The van der Waals surface area contributed by atoms with Gasteiger partial charge in [-0.3, -0.25) is 19.4 Å². The zero-order valence-electron chi connectivity index (χ0n) is 18.3. The van der Waals surface area contributed by atoms with Gasteiger partial charge in [-0.1, -0.05) is 24.3 Å². The summed E-state index contributed by atoms with van der Waals surface area (Å²) in [5.41, 5.74) is 1.07. The van der Waals surface area contributed by atoms with Gasteiger partial charge in [0.15, 0.2) is 0 Å². The number of esters is 1. The van der Waals surface area contributed by atoms with E-state index in [9.17, 15) is 14.4 Å². The van der Waals surface area contributed by atoms with Crippen LogP contribution in [0.1, 0.15) is 31.1 Å². The lowest BCUT2D eigenvalue weighted by molar-refractivity contribution is 0.00531. The van der Waals surface area contributed by atoms with Crippen molar-refractivity contribution in [1.82, 2.24) is 14.7 Å². The smallest absolute Gasteiger partial charge is 0.342 e. The Hall–Kier alpha value is -3.23. The van der Waals surface area contributed by atoms with E-state index in [4.69, 9.17) is 9.47 Å². The highest BCUT2D eigenvalue weighted by Crippen LogP contribution is 2.24. The van der Waals surface area contributed by atoms with E-state index in [-0.39, 0.29) is 18.4 Å². The molecule has 168 valence electrons. The summed E-state index contributed by atoms with van der Waals surface area (Å²) in [7, 11) is 3.56. The van der Waals surface area contributed by atoms with E-state index < -0.39 is 12.1 Å². The predicted molar refractivity (Wildman–Crippen MR) is 118 cm³/mol. The summed E-state index contributed by atoms with van der Waals surface area (Å²) >= 11 is 0. The number of likely N-dealkylation sites (N-methyl/N-ethyl adjacent to an activating group) is 1. The zero-order chi connectivity index (χ0) is 22.7. The van der Waals surface area contributed by atoms with Crippen LogP contribution in [0.25, 0.3) is 0 Å². The van der Waals surface area contributed by atoms with Gasteiger partial charge in [0.1, 0.15) is 17.4 Å². The number of fused-ring (bicyclic) bond motifs is 1. The highest BCUT2D eigenvalue weighted by atomic mass is 16.5. The molecule has 0 bridgehead atoms. The summed E-state index contributed by atoms with van der Waals surface area (Å²) in [4.78, 5) is 44.3. The molecule has 0 N–H and O–H groups in total. The fourth-order valence-electron chi connectivity index (χ4n) is 4.09. The number of nitrogens with zero attached hydrogens (tertiary/aromatic N) is 3. The minimum atomic E-state index is -0.668. The molecule has 8 nitrogen and oxygen atoms in total. The van der Waals surface area contributed by atoms with Gasteiger partial charge in [-0.2, -0.15) is 0 Å². The number of carbonyl (C=O) groups is 3. The first-order valence-electron chi connectivity index (χ1n) is 10.7. The van der Waals surface area contributed by atoms with Crippen LogP contribution in [-0.4, -0.2) is 92.0 Å². The second-order valence-electron chi connectivity index (χ2n) is 8.10. The van der Waals surface area contributed by atoms with E-state index in [0.717, 1.165) is 26.2 Å². The van der Waals surface area contributed by atoms with Crippen molar-refractivity contribution >= 4 is 17.8 Å². The fourth-order valence-corrected chi connectivity index (χ4v) is 4.09. The Morgan fingerprint density at radius 1 is 0.906 bits per heavy atom. The van der Waals surface area contributed by atoms with Crippen LogP contribution in [0.5, 0.6) is 5.75 Å².